The fraction of sp³-hybridized carbons (Fsp3) is 0.0556. The summed E-state index contributed by atoms with van der Waals surface area (Å²) in [4.78, 5) is 31.0. The SMILES string of the molecule is Cc1cc(=O)[nH]c(-c2cccc(NC(=O)c3ccccc3I)c2)n1. The van der Waals surface area contributed by atoms with Crippen LogP contribution >= 0.6 is 22.6 Å². The number of H-pyrrole nitrogens is 1. The average molecular weight is 431 g/mol. The molecule has 0 saturated carbocycles. The summed E-state index contributed by atoms with van der Waals surface area (Å²) < 4.78 is 0.883. The molecule has 5 nitrogen and oxygen atoms in total. The summed E-state index contributed by atoms with van der Waals surface area (Å²) in [7, 11) is 0. The fourth-order valence-electron chi connectivity index (χ4n) is 2.30. The first kappa shape index (κ1) is 16.4. The van der Waals surface area contributed by atoms with E-state index in [1.54, 1.807) is 25.1 Å². The monoisotopic (exact) mass is 431 g/mol. The zero-order valence-electron chi connectivity index (χ0n) is 12.8. The van der Waals surface area contributed by atoms with Crippen LogP contribution in [0.2, 0.25) is 0 Å². The molecule has 1 aromatic heterocycles. The number of halogens is 1. The molecule has 3 rings (SSSR count). The first-order valence-electron chi connectivity index (χ1n) is 7.27. The van der Waals surface area contributed by atoms with E-state index in [0.717, 1.165) is 9.13 Å². The van der Waals surface area contributed by atoms with Crippen molar-refractivity contribution in [1.29, 1.82) is 0 Å². The zero-order valence-corrected chi connectivity index (χ0v) is 15.0. The van der Waals surface area contributed by atoms with Crippen LogP contribution in [0, 0.1) is 10.5 Å². The standard InChI is InChI=1S/C18H14IN3O2/c1-11-9-16(23)22-17(20-11)12-5-4-6-13(10-12)21-18(24)14-7-2-3-8-15(14)19/h2-10H,1H3,(H,21,24)(H,20,22,23). The maximum atomic E-state index is 12.4. The number of anilines is 1. The Morgan fingerprint density at radius 1 is 1.12 bits per heavy atom. The lowest BCUT2D eigenvalue weighted by Gasteiger charge is -2.08. The molecule has 0 spiro atoms. The summed E-state index contributed by atoms with van der Waals surface area (Å²) in [6.45, 7) is 1.77. The second-order valence-corrected chi connectivity index (χ2v) is 6.41. The van der Waals surface area contributed by atoms with Gasteiger partial charge in [-0.05, 0) is 53.8 Å². The van der Waals surface area contributed by atoms with Gasteiger partial charge in [0.25, 0.3) is 11.5 Å². The Bertz CT molecular complexity index is 966. The quantitative estimate of drug-likeness (QED) is 0.623. The van der Waals surface area contributed by atoms with Gasteiger partial charge in [0.2, 0.25) is 0 Å². The molecule has 24 heavy (non-hydrogen) atoms. The molecular formula is C18H14IN3O2. The lowest BCUT2D eigenvalue weighted by atomic mass is 10.1. The molecule has 0 aliphatic carbocycles. The molecule has 0 atom stereocenters. The zero-order chi connectivity index (χ0) is 17.1. The minimum Gasteiger partial charge on any atom is -0.322 e. The summed E-state index contributed by atoms with van der Waals surface area (Å²) in [5.41, 5.74) is 2.43. The number of hydrogen-bond donors (Lipinski definition) is 2. The van der Waals surface area contributed by atoms with Crippen LogP contribution in [0.1, 0.15) is 16.1 Å². The molecule has 6 heteroatoms. The van der Waals surface area contributed by atoms with E-state index >= 15 is 0 Å². The number of aryl methyl sites for hydroxylation is 1. The van der Waals surface area contributed by atoms with Crippen molar-refractivity contribution in [3.63, 3.8) is 0 Å². The molecule has 1 heterocycles. The van der Waals surface area contributed by atoms with Crippen LogP contribution in [0.4, 0.5) is 5.69 Å². The van der Waals surface area contributed by atoms with Gasteiger partial charge in [0.05, 0.1) is 5.56 Å². The molecule has 0 saturated heterocycles. The number of aromatic nitrogens is 2. The molecule has 0 aliphatic heterocycles. The largest absolute Gasteiger partial charge is 0.322 e. The van der Waals surface area contributed by atoms with Crippen LogP contribution in [0.25, 0.3) is 11.4 Å². The van der Waals surface area contributed by atoms with Gasteiger partial charge in [-0.25, -0.2) is 4.98 Å². The Labute approximate surface area is 152 Å². The molecule has 2 N–H and O–H groups in total. The maximum Gasteiger partial charge on any atom is 0.256 e. The minimum atomic E-state index is -0.203. The second-order valence-electron chi connectivity index (χ2n) is 5.25. The Morgan fingerprint density at radius 3 is 2.67 bits per heavy atom. The van der Waals surface area contributed by atoms with Gasteiger partial charge in [-0.2, -0.15) is 0 Å². The second kappa shape index (κ2) is 6.96. The number of aromatic amines is 1. The first-order chi connectivity index (χ1) is 11.5. The highest BCUT2D eigenvalue weighted by Crippen LogP contribution is 2.20. The Kier molecular flexibility index (Phi) is 4.75. The van der Waals surface area contributed by atoms with Crippen LogP contribution < -0.4 is 10.9 Å². The van der Waals surface area contributed by atoms with Gasteiger partial charge in [0.1, 0.15) is 5.82 Å². The van der Waals surface area contributed by atoms with Gasteiger partial charge in [0, 0.05) is 26.6 Å². The number of hydrogen-bond acceptors (Lipinski definition) is 3. The Morgan fingerprint density at radius 2 is 1.92 bits per heavy atom. The molecule has 0 aliphatic rings. The van der Waals surface area contributed by atoms with Crippen LogP contribution in [-0.2, 0) is 0 Å². The van der Waals surface area contributed by atoms with Gasteiger partial charge in [-0.15, -0.1) is 0 Å². The van der Waals surface area contributed by atoms with E-state index in [4.69, 9.17) is 0 Å². The number of carbonyl (C=O) groups excluding carboxylic acids is 1. The lowest BCUT2D eigenvalue weighted by Crippen LogP contribution is -2.13. The molecule has 0 bridgehead atoms. The number of rotatable bonds is 3. The highest BCUT2D eigenvalue weighted by molar-refractivity contribution is 14.1. The van der Waals surface area contributed by atoms with Crippen molar-refractivity contribution >= 4 is 34.2 Å². The van der Waals surface area contributed by atoms with Crippen molar-refractivity contribution < 1.29 is 4.79 Å². The van der Waals surface area contributed by atoms with Crippen molar-refractivity contribution in [2.45, 2.75) is 6.92 Å². The smallest absolute Gasteiger partial charge is 0.256 e. The molecule has 0 radical (unpaired) electrons. The molecule has 0 fully saturated rings. The number of nitrogens with one attached hydrogen (secondary N) is 2. The topological polar surface area (TPSA) is 74.8 Å². The Hall–Kier alpha value is -2.48. The molecule has 120 valence electrons. The van der Waals surface area contributed by atoms with E-state index in [1.807, 2.05) is 30.3 Å². The molecule has 2 aromatic carbocycles. The van der Waals surface area contributed by atoms with Crippen LogP contribution in [-0.4, -0.2) is 15.9 Å². The Balaban J connectivity index is 1.90. The van der Waals surface area contributed by atoms with Crippen molar-refractivity contribution in [2.24, 2.45) is 0 Å². The van der Waals surface area contributed by atoms with Gasteiger partial charge >= 0.3 is 0 Å². The fourth-order valence-corrected chi connectivity index (χ4v) is 2.94. The van der Waals surface area contributed by atoms with Gasteiger partial charge in [-0.3, -0.25) is 9.59 Å². The summed E-state index contributed by atoms with van der Waals surface area (Å²) in [5, 5.41) is 2.87. The van der Waals surface area contributed by atoms with E-state index in [1.165, 1.54) is 6.07 Å². The van der Waals surface area contributed by atoms with Gasteiger partial charge < -0.3 is 10.3 Å². The predicted molar refractivity (Wildman–Crippen MR) is 102 cm³/mol. The molecule has 1 amide bonds. The third-order valence-electron chi connectivity index (χ3n) is 3.38. The third kappa shape index (κ3) is 3.70. The predicted octanol–water partition coefficient (Wildman–Crippen LogP) is 3.60. The summed E-state index contributed by atoms with van der Waals surface area (Å²) >= 11 is 2.13. The molecule has 0 unspecified atom stereocenters. The first-order valence-corrected chi connectivity index (χ1v) is 8.35. The van der Waals surface area contributed by atoms with E-state index in [-0.39, 0.29) is 11.5 Å². The maximum absolute atomic E-state index is 12.4. The molecular weight excluding hydrogens is 417 g/mol. The van der Waals surface area contributed by atoms with Gasteiger partial charge in [0.15, 0.2) is 0 Å². The van der Waals surface area contributed by atoms with E-state index in [9.17, 15) is 9.59 Å². The number of carbonyl (C=O) groups is 1. The summed E-state index contributed by atoms with van der Waals surface area (Å²) in [6.07, 6.45) is 0. The van der Waals surface area contributed by atoms with Crippen LogP contribution in [0.15, 0.2) is 59.4 Å². The normalized spacial score (nSPS) is 10.4. The van der Waals surface area contributed by atoms with Crippen molar-refractivity contribution in [3.8, 4) is 11.4 Å². The van der Waals surface area contributed by atoms with Crippen LogP contribution in [0.3, 0.4) is 0 Å². The lowest BCUT2D eigenvalue weighted by molar-refractivity contribution is 0.102. The van der Waals surface area contributed by atoms with Gasteiger partial charge in [-0.1, -0.05) is 24.3 Å². The van der Waals surface area contributed by atoms with Crippen molar-refractivity contribution in [2.75, 3.05) is 5.32 Å². The van der Waals surface area contributed by atoms with E-state index in [2.05, 4.69) is 37.9 Å². The van der Waals surface area contributed by atoms with E-state index < -0.39 is 0 Å². The van der Waals surface area contributed by atoms with Crippen molar-refractivity contribution in [3.05, 3.63) is 79.8 Å². The highest BCUT2D eigenvalue weighted by Gasteiger charge is 2.10. The summed E-state index contributed by atoms with van der Waals surface area (Å²) in [6, 6.07) is 16.0. The van der Waals surface area contributed by atoms with Crippen molar-refractivity contribution in [1.82, 2.24) is 9.97 Å². The number of nitrogens with zero attached hydrogens (tertiary/aromatic N) is 1. The highest BCUT2D eigenvalue weighted by atomic mass is 127. The minimum absolute atomic E-state index is 0.178. The average Bonchev–Trinajstić information content (AvgIpc) is 2.54. The number of amides is 1. The third-order valence-corrected chi connectivity index (χ3v) is 4.32. The van der Waals surface area contributed by atoms with Crippen LogP contribution in [0.5, 0.6) is 0 Å². The van der Waals surface area contributed by atoms with E-state index in [0.29, 0.717) is 22.8 Å². The molecule has 3 aromatic rings. The number of benzene rings is 2. The summed E-state index contributed by atoms with van der Waals surface area (Å²) in [5.74, 6) is 0.299.